The zero-order valence-electron chi connectivity index (χ0n) is 11.5. The monoisotopic (exact) mass is 280 g/mol. The number of hydrogen-bond acceptors (Lipinski definition) is 1. The van der Waals surface area contributed by atoms with Crippen molar-refractivity contribution in [3.63, 3.8) is 0 Å². The standard InChI is InChI=1S/C17H13FN2O/c1-20-5-4-11-6-10(2-3-16(11)20)13-7-12-8-17(21)19-15(12)9-14(13)18/h2-7,9H,8H2,1H3,(H,19,21). The molecule has 1 N–H and O–H groups in total. The molecule has 21 heavy (non-hydrogen) atoms. The molecule has 0 fully saturated rings. The summed E-state index contributed by atoms with van der Waals surface area (Å²) in [5.41, 5.74) is 3.91. The highest BCUT2D eigenvalue weighted by molar-refractivity contribution is 6.00. The molecule has 0 aliphatic carbocycles. The predicted octanol–water partition coefficient (Wildman–Crippen LogP) is 3.48. The Kier molecular flexibility index (Phi) is 2.42. The number of nitrogens with zero attached hydrogens (tertiary/aromatic N) is 1. The summed E-state index contributed by atoms with van der Waals surface area (Å²) in [6, 6.07) is 11.1. The van der Waals surface area contributed by atoms with Crippen LogP contribution in [0.2, 0.25) is 0 Å². The minimum atomic E-state index is -0.314. The Labute approximate surface area is 121 Å². The molecule has 0 unspecified atom stereocenters. The molecule has 2 heterocycles. The topological polar surface area (TPSA) is 34.0 Å². The lowest BCUT2D eigenvalue weighted by Gasteiger charge is -2.07. The summed E-state index contributed by atoms with van der Waals surface area (Å²) >= 11 is 0. The van der Waals surface area contributed by atoms with Gasteiger partial charge in [-0.25, -0.2) is 4.39 Å². The Bertz CT molecular complexity index is 895. The molecule has 3 nitrogen and oxygen atoms in total. The summed E-state index contributed by atoms with van der Waals surface area (Å²) in [6.45, 7) is 0. The average Bonchev–Trinajstić information content (AvgIpc) is 3.00. The van der Waals surface area contributed by atoms with Gasteiger partial charge in [0.1, 0.15) is 5.82 Å². The maximum absolute atomic E-state index is 14.3. The predicted molar refractivity (Wildman–Crippen MR) is 80.6 cm³/mol. The van der Waals surface area contributed by atoms with Crippen LogP contribution in [0.3, 0.4) is 0 Å². The zero-order valence-corrected chi connectivity index (χ0v) is 11.5. The molecule has 0 saturated carbocycles. The van der Waals surface area contributed by atoms with E-state index in [0.717, 1.165) is 22.0 Å². The molecule has 1 aromatic heterocycles. The van der Waals surface area contributed by atoms with Crippen molar-refractivity contribution in [3.8, 4) is 11.1 Å². The first-order chi connectivity index (χ1) is 10.1. The highest BCUT2D eigenvalue weighted by atomic mass is 19.1. The van der Waals surface area contributed by atoms with Crippen molar-refractivity contribution in [2.45, 2.75) is 6.42 Å². The van der Waals surface area contributed by atoms with Crippen LogP contribution in [0.15, 0.2) is 42.6 Å². The van der Waals surface area contributed by atoms with Crippen molar-refractivity contribution in [2.75, 3.05) is 5.32 Å². The lowest BCUT2D eigenvalue weighted by molar-refractivity contribution is -0.115. The van der Waals surface area contributed by atoms with E-state index < -0.39 is 0 Å². The molecule has 1 amide bonds. The number of carbonyl (C=O) groups excluding carboxylic acids is 1. The van der Waals surface area contributed by atoms with Gasteiger partial charge in [0.15, 0.2) is 0 Å². The quantitative estimate of drug-likeness (QED) is 0.727. The van der Waals surface area contributed by atoms with E-state index in [9.17, 15) is 9.18 Å². The maximum atomic E-state index is 14.3. The molecule has 3 aromatic rings. The summed E-state index contributed by atoms with van der Waals surface area (Å²) < 4.78 is 16.3. The van der Waals surface area contributed by atoms with E-state index in [1.165, 1.54) is 6.07 Å². The minimum Gasteiger partial charge on any atom is -0.351 e. The van der Waals surface area contributed by atoms with Crippen molar-refractivity contribution < 1.29 is 9.18 Å². The van der Waals surface area contributed by atoms with Crippen LogP contribution in [0, 0.1) is 5.82 Å². The number of nitrogens with one attached hydrogen (secondary N) is 1. The second kappa shape index (κ2) is 4.19. The van der Waals surface area contributed by atoms with Gasteiger partial charge in [-0.05, 0) is 41.5 Å². The SMILES string of the molecule is Cn1ccc2cc(-c3cc4c(cc3F)NC(=O)C4)ccc21. The third kappa shape index (κ3) is 1.83. The molecule has 0 bridgehead atoms. The van der Waals surface area contributed by atoms with Crippen molar-refractivity contribution in [1.82, 2.24) is 4.57 Å². The van der Waals surface area contributed by atoms with Gasteiger partial charge in [-0.3, -0.25) is 4.79 Å². The minimum absolute atomic E-state index is 0.0833. The van der Waals surface area contributed by atoms with Gasteiger partial charge < -0.3 is 9.88 Å². The number of benzene rings is 2. The zero-order chi connectivity index (χ0) is 14.6. The van der Waals surface area contributed by atoms with Crippen LogP contribution in [0.25, 0.3) is 22.0 Å². The molecule has 1 aliphatic rings. The molecule has 0 saturated heterocycles. The number of carbonyl (C=O) groups is 1. The first-order valence-electron chi connectivity index (χ1n) is 6.79. The van der Waals surface area contributed by atoms with Crippen LogP contribution in [0.1, 0.15) is 5.56 Å². The first-order valence-corrected chi connectivity index (χ1v) is 6.79. The van der Waals surface area contributed by atoms with Crippen LogP contribution in [-0.4, -0.2) is 10.5 Å². The highest BCUT2D eigenvalue weighted by Gasteiger charge is 2.20. The molecule has 4 rings (SSSR count). The summed E-state index contributed by atoms with van der Waals surface area (Å²) in [5, 5.41) is 3.74. The third-order valence-electron chi connectivity index (χ3n) is 4.01. The van der Waals surface area contributed by atoms with Gasteiger partial charge in [0, 0.05) is 35.4 Å². The normalized spacial score (nSPS) is 13.5. The van der Waals surface area contributed by atoms with Crippen LogP contribution in [0.5, 0.6) is 0 Å². The Hall–Kier alpha value is -2.62. The number of aromatic nitrogens is 1. The molecule has 2 aromatic carbocycles. The van der Waals surface area contributed by atoms with Gasteiger partial charge >= 0.3 is 0 Å². The number of anilines is 1. The summed E-state index contributed by atoms with van der Waals surface area (Å²) in [7, 11) is 1.98. The summed E-state index contributed by atoms with van der Waals surface area (Å²) in [6.07, 6.45) is 2.30. The number of hydrogen-bond donors (Lipinski definition) is 1. The first kappa shape index (κ1) is 12.1. The van der Waals surface area contributed by atoms with E-state index in [4.69, 9.17) is 0 Å². The Morgan fingerprint density at radius 1 is 1.19 bits per heavy atom. The molecule has 4 heteroatoms. The average molecular weight is 280 g/mol. The smallest absolute Gasteiger partial charge is 0.228 e. The fraction of sp³-hybridized carbons (Fsp3) is 0.118. The molecular weight excluding hydrogens is 267 g/mol. The Morgan fingerprint density at radius 3 is 2.90 bits per heavy atom. The Morgan fingerprint density at radius 2 is 2.05 bits per heavy atom. The molecule has 0 radical (unpaired) electrons. The van der Waals surface area contributed by atoms with E-state index in [-0.39, 0.29) is 11.7 Å². The van der Waals surface area contributed by atoms with Gasteiger partial charge in [-0.2, -0.15) is 0 Å². The van der Waals surface area contributed by atoms with Crippen molar-refractivity contribution in [3.05, 3.63) is 54.0 Å². The second-order valence-electron chi connectivity index (χ2n) is 5.41. The molecule has 0 atom stereocenters. The van der Waals surface area contributed by atoms with Crippen molar-refractivity contribution >= 4 is 22.5 Å². The number of halogens is 1. The highest BCUT2D eigenvalue weighted by Crippen LogP contribution is 2.33. The van der Waals surface area contributed by atoms with E-state index in [1.54, 1.807) is 6.07 Å². The van der Waals surface area contributed by atoms with Crippen LogP contribution in [-0.2, 0) is 18.3 Å². The van der Waals surface area contributed by atoms with Crippen LogP contribution < -0.4 is 5.32 Å². The van der Waals surface area contributed by atoms with Gasteiger partial charge in [0.05, 0.1) is 6.42 Å². The van der Waals surface area contributed by atoms with Crippen LogP contribution in [0.4, 0.5) is 10.1 Å². The van der Waals surface area contributed by atoms with E-state index in [2.05, 4.69) is 5.32 Å². The van der Waals surface area contributed by atoms with Crippen LogP contribution >= 0.6 is 0 Å². The number of amides is 1. The van der Waals surface area contributed by atoms with Gasteiger partial charge in [0.2, 0.25) is 5.91 Å². The summed E-state index contributed by atoms with van der Waals surface area (Å²) in [5.74, 6) is -0.397. The largest absolute Gasteiger partial charge is 0.351 e. The number of aryl methyl sites for hydroxylation is 1. The molecule has 1 aliphatic heterocycles. The van der Waals surface area contributed by atoms with Gasteiger partial charge in [0.25, 0.3) is 0 Å². The lowest BCUT2D eigenvalue weighted by atomic mass is 10.00. The second-order valence-corrected chi connectivity index (χ2v) is 5.41. The molecule has 0 spiro atoms. The number of rotatable bonds is 1. The maximum Gasteiger partial charge on any atom is 0.228 e. The van der Waals surface area contributed by atoms with E-state index >= 15 is 0 Å². The fourth-order valence-electron chi connectivity index (χ4n) is 2.92. The third-order valence-corrected chi connectivity index (χ3v) is 4.01. The molecule has 104 valence electrons. The number of fused-ring (bicyclic) bond motifs is 2. The van der Waals surface area contributed by atoms with Crippen molar-refractivity contribution in [1.29, 1.82) is 0 Å². The fourth-order valence-corrected chi connectivity index (χ4v) is 2.92. The summed E-state index contributed by atoms with van der Waals surface area (Å²) in [4.78, 5) is 11.4. The van der Waals surface area contributed by atoms with E-state index in [0.29, 0.717) is 17.7 Å². The van der Waals surface area contributed by atoms with Gasteiger partial charge in [-0.1, -0.05) is 6.07 Å². The lowest BCUT2D eigenvalue weighted by Crippen LogP contribution is -2.03. The van der Waals surface area contributed by atoms with Crippen molar-refractivity contribution in [2.24, 2.45) is 7.05 Å². The molecular formula is C17H13FN2O. The Balaban J connectivity index is 1.88. The van der Waals surface area contributed by atoms with E-state index in [1.807, 2.05) is 42.1 Å². The van der Waals surface area contributed by atoms with Gasteiger partial charge in [-0.15, -0.1) is 0 Å².